The summed E-state index contributed by atoms with van der Waals surface area (Å²) in [7, 11) is -0.453. The van der Waals surface area contributed by atoms with Crippen LogP contribution in [0.15, 0.2) is 29.8 Å². The molecule has 2 rings (SSSR count). The molecule has 0 saturated heterocycles. The number of nitrogens with zero attached hydrogens (tertiary/aromatic N) is 2. The highest BCUT2D eigenvalue weighted by atomic mass is 32.2. The van der Waals surface area contributed by atoms with Gasteiger partial charge in [0, 0.05) is 5.56 Å². The highest BCUT2D eigenvalue weighted by Crippen LogP contribution is 2.37. The zero-order chi connectivity index (χ0) is 22.9. The molecular weight excluding hydrogens is 443 g/mol. The average Bonchev–Trinajstić information content (AvgIpc) is 2.59. The van der Waals surface area contributed by atoms with Crippen LogP contribution in [0.2, 0.25) is 0 Å². The minimum atomic E-state index is -4.74. The molecule has 0 aliphatic carbocycles. The molecule has 1 aliphatic heterocycles. The fraction of sp³-hybridized carbons (Fsp3) is 0.444. The summed E-state index contributed by atoms with van der Waals surface area (Å²) in [5, 5.41) is 11.8. The standard InChI is InChI=1S/C18H22F3N3O4S2/c1-11-14(16(25)26)15(12-7-4-5-8-13(12)18(19,20)21)22-17(29)24(11)30(27,28)10-6-9-23(2)3/h4-5,7-8,11H,6,9-10H2,1-3H3,(H,22,29)(H,25,26). The monoisotopic (exact) mass is 465 g/mol. The molecule has 166 valence electrons. The minimum Gasteiger partial charge on any atom is -0.478 e. The number of carbonyl (C=O) groups is 1. The molecule has 0 saturated carbocycles. The van der Waals surface area contributed by atoms with Crippen LogP contribution in [-0.4, -0.2) is 66.2 Å². The lowest BCUT2D eigenvalue weighted by Gasteiger charge is -2.37. The third-order valence-corrected chi connectivity index (χ3v) is 6.83. The van der Waals surface area contributed by atoms with Crippen molar-refractivity contribution in [2.75, 3.05) is 26.4 Å². The van der Waals surface area contributed by atoms with Crippen molar-refractivity contribution < 1.29 is 31.5 Å². The molecule has 0 radical (unpaired) electrons. The molecule has 12 heteroatoms. The Bertz CT molecular complexity index is 975. The molecule has 0 amide bonds. The summed E-state index contributed by atoms with van der Waals surface area (Å²) in [4.78, 5) is 13.7. The second-order valence-corrected chi connectivity index (χ2v) is 9.36. The van der Waals surface area contributed by atoms with Gasteiger partial charge in [0.2, 0.25) is 10.0 Å². The molecule has 0 bridgehead atoms. The fourth-order valence-corrected chi connectivity index (χ4v) is 5.38. The van der Waals surface area contributed by atoms with Crippen molar-refractivity contribution >= 4 is 39.0 Å². The van der Waals surface area contributed by atoms with Crippen LogP contribution >= 0.6 is 12.2 Å². The summed E-state index contributed by atoms with van der Waals surface area (Å²) in [6.45, 7) is 1.77. The summed E-state index contributed by atoms with van der Waals surface area (Å²) in [6.07, 6.45) is -4.47. The Hall–Kier alpha value is -2.18. The van der Waals surface area contributed by atoms with Gasteiger partial charge >= 0.3 is 12.1 Å². The fourth-order valence-electron chi connectivity index (χ4n) is 3.21. The van der Waals surface area contributed by atoms with E-state index in [4.69, 9.17) is 12.2 Å². The van der Waals surface area contributed by atoms with E-state index in [9.17, 15) is 31.5 Å². The molecule has 2 N–H and O–H groups in total. The smallest absolute Gasteiger partial charge is 0.417 e. The van der Waals surface area contributed by atoms with Crippen molar-refractivity contribution in [3.05, 3.63) is 41.0 Å². The second kappa shape index (κ2) is 8.90. The zero-order valence-electron chi connectivity index (χ0n) is 16.5. The number of rotatable bonds is 7. The largest absolute Gasteiger partial charge is 0.478 e. The van der Waals surface area contributed by atoms with E-state index in [0.717, 1.165) is 16.4 Å². The van der Waals surface area contributed by atoms with Crippen LogP contribution in [0.4, 0.5) is 13.2 Å². The quantitative estimate of drug-likeness (QED) is 0.598. The number of hydrogen-bond donors (Lipinski definition) is 2. The third kappa shape index (κ3) is 5.10. The van der Waals surface area contributed by atoms with Gasteiger partial charge in [0.15, 0.2) is 5.11 Å². The molecule has 1 heterocycles. The molecular formula is C18H22F3N3O4S2. The molecule has 30 heavy (non-hydrogen) atoms. The third-order valence-electron chi connectivity index (χ3n) is 4.51. The first-order chi connectivity index (χ1) is 13.8. The Morgan fingerprint density at radius 3 is 2.43 bits per heavy atom. The topological polar surface area (TPSA) is 90.0 Å². The van der Waals surface area contributed by atoms with Gasteiger partial charge in [-0.3, -0.25) is 0 Å². The lowest BCUT2D eigenvalue weighted by Crippen LogP contribution is -2.54. The van der Waals surface area contributed by atoms with Crippen molar-refractivity contribution in [2.24, 2.45) is 0 Å². The van der Waals surface area contributed by atoms with E-state index in [1.807, 2.05) is 0 Å². The number of thiocarbonyl (C=S) groups is 1. The maximum Gasteiger partial charge on any atom is 0.417 e. The van der Waals surface area contributed by atoms with Crippen molar-refractivity contribution in [1.82, 2.24) is 14.5 Å². The molecule has 7 nitrogen and oxygen atoms in total. The molecule has 0 spiro atoms. The maximum atomic E-state index is 13.5. The average molecular weight is 466 g/mol. The van der Waals surface area contributed by atoms with Crippen molar-refractivity contribution in [3.63, 3.8) is 0 Å². The number of alkyl halides is 3. The molecule has 1 atom stereocenters. The highest BCUT2D eigenvalue weighted by molar-refractivity contribution is 7.91. The summed E-state index contributed by atoms with van der Waals surface area (Å²) in [5.41, 5.74) is -2.35. The number of carboxylic acids is 1. The Balaban J connectivity index is 2.56. The van der Waals surface area contributed by atoms with Crippen LogP contribution in [0.1, 0.15) is 24.5 Å². The molecule has 1 aliphatic rings. The summed E-state index contributed by atoms with van der Waals surface area (Å²) in [5.74, 6) is -1.84. The van der Waals surface area contributed by atoms with Crippen molar-refractivity contribution in [2.45, 2.75) is 25.6 Å². The number of benzene rings is 1. The lowest BCUT2D eigenvalue weighted by molar-refractivity contribution is -0.138. The molecule has 1 aromatic rings. The van der Waals surface area contributed by atoms with E-state index in [0.29, 0.717) is 6.54 Å². The summed E-state index contributed by atoms with van der Waals surface area (Å²) < 4.78 is 66.7. The zero-order valence-corrected chi connectivity index (χ0v) is 18.2. The summed E-state index contributed by atoms with van der Waals surface area (Å²) in [6, 6.07) is 3.15. The molecule has 0 aromatic heterocycles. The Morgan fingerprint density at radius 2 is 1.90 bits per heavy atom. The van der Waals surface area contributed by atoms with Crippen LogP contribution in [0.5, 0.6) is 0 Å². The number of aliphatic carboxylic acids is 1. The Labute approximate surface area is 178 Å². The van der Waals surface area contributed by atoms with Gasteiger partial charge in [0.1, 0.15) is 0 Å². The maximum absolute atomic E-state index is 13.5. The van der Waals surface area contributed by atoms with Crippen LogP contribution in [-0.2, 0) is 21.0 Å². The normalized spacial score (nSPS) is 18.0. The van der Waals surface area contributed by atoms with Crippen LogP contribution in [0.3, 0.4) is 0 Å². The van der Waals surface area contributed by atoms with E-state index in [1.165, 1.54) is 19.1 Å². The van der Waals surface area contributed by atoms with Gasteiger partial charge < -0.3 is 15.3 Å². The van der Waals surface area contributed by atoms with E-state index < -0.39 is 44.9 Å². The predicted octanol–water partition coefficient (Wildman–Crippen LogP) is 2.36. The first-order valence-electron chi connectivity index (χ1n) is 8.89. The second-order valence-electron chi connectivity index (χ2n) is 7.01. The number of sulfonamides is 1. The lowest BCUT2D eigenvalue weighted by atomic mass is 9.95. The van der Waals surface area contributed by atoms with Gasteiger partial charge in [-0.25, -0.2) is 17.5 Å². The SMILES string of the molecule is CC1C(C(=O)O)=C(c2ccccc2C(F)(F)F)NC(=S)N1S(=O)(=O)CCCN(C)C. The van der Waals surface area contributed by atoms with Gasteiger partial charge in [0.25, 0.3) is 0 Å². The Kier molecular flexibility index (Phi) is 7.15. The molecule has 0 fully saturated rings. The first kappa shape index (κ1) is 24.1. The van der Waals surface area contributed by atoms with Crippen molar-refractivity contribution in [1.29, 1.82) is 0 Å². The van der Waals surface area contributed by atoms with Crippen molar-refractivity contribution in [3.8, 4) is 0 Å². The van der Waals surface area contributed by atoms with Gasteiger partial charge in [-0.05, 0) is 52.3 Å². The van der Waals surface area contributed by atoms with Crippen LogP contribution in [0.25, 0.3) is 5.70 Å². The number of halogens is 3. The molecule has 1 aromatic carbocycles. The van der Waals surface area contributed by atoms with E-state index in [1.54, 1.807) is 19.0 Å². The Morgan fingerprint density at radius 1 is 1.30 bits per heavy atom. The van der Waals surface area contributed by atoms with E-state index in [-0.39, 0.29) is 23.0 Å². The van der Waals surface area contributed by atoms with Gasteiger partial charge in [0.05, 0.1) is 28.6 Å². The van der Waals surface area contributed by atoms with E-state index >= 15 is 0 Å². The van der Waals surface area contributed by atoms with Crippen LogP contribution in [0, 0.1) is 0 Å². The van der Waals surface area contributed by atoms with Gasteiger partial charge in [-0.1, -0.05) is 18.2 Å². The number of carboxylic acid groups (broad SMARTS) is 1. The minimum absolute atomic E-state index is 0.275. The summed E-state index contributed by atoms with van der Waals surface area (Å²) >= 11 is 5.12. The highest BCUT2D eigenvalue weighted by Gasteiger charge is 2.42. The predicted molar refractivity (Wildman–Crippen MR) is 110 cm³/mol. The molecule has 1 unspecified atom stereocenters. The number of nitrogens with one attached hydrogen (secondary N) is 1. The van der Waals surface area contributed by atoms with E-state index in [2.05, 4.69) is 5.32 Å². The van der Waals surface area contributed by atoms with Gasteiger partial charge in [-0.2, -0.15) is 13.2 Å². The first-order valence-corrected chi connectivity index (χ1v) is 10.9. The number of hydrogen-bond acceptors (Lipinski definition) is 5. The van der Waals surface area contributed by atoms with Crippen LogP contribution < -0.4 is 5.32 Å². The van der Waals surface area contributed by atoms with Gasteiger partial charge in [-0.15, -0.1) is 0 Å².